The van der Waals surface area contributed by atoms with Gasteiger partial charge in [-0.3, -0.25) is 9.78 Å². The summed E-state index contributed by atoms with van der Waals surface area (Å²) in [5.41, 5.74) is 0.678. The second kappa shape index (κ2) is 8.05. The Morgan fingerprint density at radius 2 is 1.96 bits per heavy atom. The maximum absolute atomic E-state index is 13.6. The number of carbonyl (C=O) groups is 1. The number of nitrogens with zero attached hydrogens (tertiary/aromatic N) is 4. The highest BCUT2D eigenvalue weighted by molar-refractivity contribution is 7.99. The highest BCUT2D eigenvalue weighted by atomic mass is 32.2. The molecule has 134 valence electrons. The SMILES string of the molecule is CCn1c(SCC(=O)Nc2cc(F)ccc2F)nnc1-c1ccncc1. The molecule has 0 bridgehead atoms. The van der Waals surface area contributed by atoms with Gasteiger partial charge in [-0.1, -0.05) is 11.8 Å². The van der Waals surface area contributed by atoms with E-state index in [9.17, 15) is 13.6 Å². The average molecular weight is 375 g/mol. The highest BCUT2D eigenvalue weighted by Crippen LogP contribution is 2.24. The lowest BCUT2D eigenvalue weighted by Crippen LogP contribution is -2.15. The number of hydrogen-bond acceptors (Lipinski definition) is 5. The Labute approximate surface area is 152 Å². The molecule has 1 aromatic carbocycles. The molecule has 2 aromatic heterocycles. The predicted octanol–water partition coefficient (Wildman–Crippen LogP) is 3.37. The van der Waals surface area contributed by atoms with Crippen LogP contribution in [0.3, 0.4) is 0 Å². The fraction of sp³-hybridized carbons (Fsp3) is 0.176. The molecule has 3 aromatic rings. The van der Waals surface area contributed by atoms with E-state index in [1.165, 1.54) is 11.8 Å². The van der Waals surface area contributed by atoms with Gasteiger partial charge >= 0.3 is 0 Å². The summed E-state index contributed by atoms with van der Waals surface area (Å²) in [6.07, 6.45) is 3.33. The van der Waals surface area contributed by atoms with Crippen molar-refractivity contribution in [1.82, 2.24) is 19.7 Å². The molecule has 0 saturated heterocycles. The zero-order valence-corrected chi connectivity index (χ0v) is 14.6. The average Bonchev–Trinajstić information content (AvgIpc) is 3.06. The summed E-state index contributed by atoms with van der Waals surface area (Å²) >= 11 is 1.17. The number of pyridine rings is 1. The molecular formula is C17H15F2N5OS. The van der Waals surface area contributed by atoms with E-state index in [4.69, 9.17) is 0 Å². The van der Waals surface area contributed by atoms with Crippen LogP contribution in [0, 0.1) is 11.6 Å². The molecule has 26 heavy (non-hydrogen) atoms. The zero-order valence-electron chi connectivity index (χ0n) is 13.8. The lowest BCUT2D eigenvalue weighted by atomic mass is 10.2. The summed E-state index contributed by atoms with van der Waals surface area (Å²) in [4.78, 5) is 16.0. The molecule has 0 fully saturated rings. The van der Waals surface area contributed by atoms with Crippen LogP contribution in [0.5, 0.6) is 0 Å². The number of thioether (sulfide) groups is 1. The van der Waals surface area contributed by atoms with E-state index < -0.39 is 17.5 Å². The molecule has 0 aliphatic heterocycles. The minimum atomic E-state index is -0.693. The van der Waals surface area contributed by atoms with Crippen LogP contribution in [0.4, 0.5) is 14.5 Å². The van der Waals surface area contributed by atoms with Crippen LogP contribution in [0.15, 0.2) is 47.9 Å². The summed E-state index contributed by atoms with van der Waals surface area (Å²) < 4.78 is 28.6. The first kappa shape index (κ1) is 18.0. The van der Waals surface area contributed by atoms with E-state index in [0.717, 1.165) is 23.8 Å². The van der Waals surface area contributed by atoms with Gasteiger partial charge in [0, 0.05) is 30.6 Å². The standard InChI is InChI=1S/C17H15F2N5OS/c1-2-24-16(11-5-7-20-8-6-11)22-23-17(24)26-10-15(25)21-14-9-12(18)3-4-13(14)19/h3-9H,2,10H2,1H3,(H,21,25). The van der Waals surface area contributed by atoms with Gasteiger partial charge in [0.05, 0.1) is 11.4 Å². The lowest BCUT2D eigenvalue weighted by molar-refractivity contribution is -0.113. The third-order valence-corrected chi connectivity index (χ3v) is 4.47. The van der Waals surface area contributed by atoms with Crippen molar-refractivity contribution >= 4 is 23.4 Å². The Hall–Kier alpha value is -2.81. The molecule has 0 spiro atoms. The second-order valence-corrected chi connectivity index (χ2v) is 6.19. The molecular weight excluding hydrogens is 360 g/mol. The van der Waals surface area contributed by atoms with E-state index >= 15 is 0 Å². The van der Waals surface area contributed by atoms with Gasteiger partial charge in [-0.05, 0) is 31.2 Å². The molecule has 1 N–H and O–H groups in total. The Bertz CT molecular complexity index is 917. The summed E-state index contributed by atoms with van der Waals surface area (Å²) in [5, 5.41) is 11.2. The van der Waals surface area contributed by atoms with Gasteiger partial charge in [0.2, 0.25) is 5.91 Å². The Morgan fingerprint density at radius 3 is 2.69 bits per heavy atom. The number of aromatic nitrogens is 4. The number of halogens is 2. The van der Waals surface area contributed by atoms with E-state index in [1.807, 2.05) is 23.6 Å². The van der Waals surface area contributed by atoms with Crippen molar-refractivity contribution in [3.63, 3.8) is 0 Å². The number of amides is 1. The molecule has 1 amide bonds. The Morgan fingerprint density at radius 1 is 1.19 bits per heavy atom. The fourth-order valence-corrected chi connectivity index (χ4v) is 3.11. The quantitative estimate of drug-likeness (QED) is 0.669. The third-order valence-electron chi connectivity index (χ3n) is 3.51. The summed E-state index contributed by atoms with van der Waals surface area (Å²) in [6, 6.07) is 6.54. The normalized spacial score (nSPS) is 10.7. The lowest BCUT2D eigenvalue weighted by Gasteiger charge is -2.08. The predicted molar refractivity (Wildman–Crippen MR) is 94.6 cm³/mol. The first-order valence-electron chi connectivity index (χ1n) is 7.79. The zero-order chi connectivity index (χ0) is 18.5. The fourth-order valence-electron chi connectivity index (χ4n) is 2.30. The molecule has 0 saturated carbocycles. The van der Waals surface area contributed by atoms with Crippen molar-refractivity contribution in [3.05, 3.63) is 54.4 Å². The number of nitrogens with one attached hydrogen (secondary N) is 1. The van der Waals surface area contributed by atoms with Crippen LogP contribution >= 0.6 is 11.8 Å². The second-order valence-electron chi connectivity index (χ2n) is 5.25. The van der Waals surface area contributed by atoms with E-state index in [-0.39, 0.29) is 11.4 Å². The van der Waals surface area contributed by atoms with Crippen molar-refractivity contribution in [2.24, 2.45) is 0 Å². The van der Waals surface area contributed by atoms with Crippen molar-refractivity contribution < 1.29 is 13.6 Å². The van der Waals surface area contributed by atoms with E-state index in [0.29, 0.717) is 17.5 Å². The molecule has 0 aliphatic carbocycles. The first-order valence-corrected chi connectivity index (χ1v) is 8.78. The Balaban J connectivity index is 1.69. The molecule has 6 nitrogen and oxygen atoms in total. The smallest absolute Gasteiger partial charge is 0.234 e. The maximum atomic E-state index is 13.6. The molecule has 0 unspecified atom stereocenters. The van der Waals surface area contributed by atoms with Gasteiger partial charge in [0.25, 0.3) is 0 Å². The topological polar surface area (TPSA) is 72.7 Å². The van der Waals surface area contributed by atoms with Crippen LogP contribution in [-0.4, -0.2) is 31.4 Å². The minimum Gasteiger partial charge on any atom is -0.323 e. The summed E-state index contributed by atoms with van der Waals surface area (Å²) in [6.45, 7) is 2.56. The van der Waals surface area contributed by atoms with Crippen LogP contribution in [0.1, 0.15) is 6.92 Å². The van der Waals surface area contributed by atoms with E-state index in [1.54, 1.807) is 12.4 Å². The van der Waals surface area contributed by atoms with Gasteiger partial charge in [-0.2, -0.15) is 0 Å². The monoisotopic (exact) mass is 375 g/mol. The van der Waals surface area contributed by atoms with Crippen molar-refractivity contribution in [2.75, 3.05) is 11.1 Å². The van der Waals surface area contributed by atoms with Gasteiger partial charge in [0.1, 0.15) is 11.6 Å². The van der Waals surface area contributed by atoms with Gasteiger partial charge in [-0.15, -0.1) is 10.2 Å². The molecule has 9 heteroatoms. The van der Waals surface area contributed by atoms with Gasteiger partial charge in [0.15, 0.2) is 11.0 Å². The van der Waals surface area contributed by atoms with E-state index in [2.05, 4.69) is 20.5 Å². The van der Waals surface area contributed by atoms with Crippen LogP contribution in [0.25, 0.3) is 11.4 Å². The summed E-state index contributed by atoms with van der Waals surface area (Å²) in [5.74, 6) is -1.11. The van der Waals surface area contributed by atoms with Crippen LogP contribution < -0.4 is 5.32 Å². The molecule has 3 rings (SSSR count). The van der Waals surface area contributed by atoms with Crippen LogP contribution in [0.2, 0.25) is 0 Å². The largest absolute Gasteiger partial charge is 0.323 e. The van der Waals surface area contributed by atoms with Gasteiger partial charge < -0.3 is 9.88 Å². The maximum Gasteiger partial charge on any atom is 0.234 e. The van der Waals surface area contributed by atoms with Crippen molar-refractivity contribution in [1.29, 1.82) is 0 Å². The third kappa shape index (κ3) is 4.05. The molecule has 0 aliphatic rings. The van der Waals surface area contributed by atoms with Crippen molar-refractivity contribution in [3.8, 4) is 11.4 Å². The molecule has 0 atom stereocenters. The summed E-state index contributed by atoms with van der Waals surface area (Å²) in [7, 11) is 0. The number of carbonyl (C=O) groups excluding carboxylic acids is 1. The number of benzene rings is 1. The highest BCUT2D eigenvalue weighted by Gasteiger charge is 2.15. The van der Waals surface area contributed by atoms with Crippen LogP contribution in [-0.2, 0) is 11.3 Å². The van der Waals surface area contributed by atoms with Gasteiger partial charge in [-0.25, -0.2) is 8.78 Å². The number of rotatable bonds is 6. The van der Waals surface area contributed by atoms with Crippen molar-refractivity contribution in [2.45, 2.75) is 18.6 Å². The Kier molecular flexibility index (Phi) is 5.57. The minimum absolute atomic E-state index is 0.00949. The first-order chi connectivity index (χ1) is 12.6. The molecule has 0 radical (unpaired) electrons. The number of anilines is 1. The number of hydrogen-bond donors (Lipinski definition) is 1. The molecule has 2 heterocycles.